The third-order valence-corrected chi connectivity index (χ3v) is 5.88. The highest BCUT2D eigenvalue weighted by atomic mass is 16.6. The number of hydrogen-bond acceptors (Lipinski definition) is 6. The number of aldehydes is 1. The maximum absolute atomic E-state index is 12.9. The normalized spacial score (nSPS) is 16.9. The number of benzene rings is 2. The molecule has 2 atom stereocenters. The standard InChI is InChI=1S/C26H22N2O5/c1-16-21(15-29)28-12-6-11-22(25(28)27-16)32-24-20-10-4-3-7-17(20)14-23(24)33-26(30)18-8-5-9-19(13-18)31-2/h3-13,15,23-24H,14H2,1-2H3/t23-,24-/m1/s1. The first-order valence-electron chi connectivity index (χ1n) is 10.6. The Morgan fingerprint density at radius 1 is 1.12 bits per heavy atom. The Bertz CT molecular complexity index is 1360. The lowest BCUT2D eigenvalue weighted by molar-refractivity contribution is -0.00288. The molecular formula is C26H22N2O5. The van der Waals surface area contributed by atoms with Gasteiger partial charge in [0.1, 0.15) is 17.5 Å². The van der Waals surface area contributed by atoms with Gasteiger partial charge in [0.15, 0.2) is 23.8 Å². The fraction of sp³-hybridized carbons (Fsp3) is 0.192. The van der Waals surface area contributed by atoms with Crippen LogP contribution in [0, 0.1) is 6.92 Å². The zero-order chi connectivity index (χ0) is 22.9. The second kappa shape index (κ2) is 8.43. The summed E-state index contributed by atoms with van der Waals surface area (Å²) in [4.78, 5) is 29.0. The van der Waals surface area contributed by atoms with Crippen molar-refractivity contribution < 1.29 is 23.8 Å². The molecule has 1 aliphatic rings. The molecule has 0 bridgehead atoms. The number of rotatable bonds is 6. The SMILES string of the molecule is COc1cccc(C(=O)O[C@@H]2Cc3ccccc3[C@H]2Oc2cccn3c(C=O)c(C)nc23)c1. The summed E-state index contributed by atoms with van der Waals surface area (Å²) < 4.78 is 19.3. The smallest absolute Gasteiger partial charge is 0.338 e. The number of ether oxygens (including phenoxy) is 3. The van der Waals surface area contributed by atoms with E-state index in [1.54, 1.807) is 61.0 Å². The third kappa shape index (κ3) is 3.71. The maximum Gasteiger partial charge on any atom is 0.338 e. The molecule has 0 spiro atoms. The molecular weight excluding hydrogens is 420 g/mol. The zero-order valence-corrected chi connectivity index (χ0v) is 18.2. The highest BCUT2D eigenvalue weighted by Gasteiger charge is 2.37. The summed E-state index contributed by atoms with van der Waals surface area (Å²) in [5, 5.41) is 0. The van der Waals surface area contributed by atoms with Gasteiger partial charge in [0.2, 0.25) is 0 Å². The van der Waals surface area contributed by atoms with Crippen LogP contribution in [0.1, 0.15) is 43.8 Å². The number of hydrogen-bond donors (Lipinski definition) is 0. The van der Waals surface area contributed by atoms with Gasteiger partial charge in [-0.25, -0.2) is 9.78 Å². The molecule has 0 radical (unpaired) electrons. The quantitative estimate of drug-likeness (QED) is 0.326. The number of pyridine rings is 1. The van der Waals surface area contributed by atoms with Crippen LogP contribution in [-0.4, -0.2) is 34.9 Å². The van der Waals surface area contributed by atoms with Crippen LogP contribution >= 0.6 is 0 Å². The first kappa shape index (κ1) is 20.8. The molecule has 0 N–H and O–H groups in total. The molecule has 7 heteroatoms. The number of aromatic nitrogens is 2. The van der Waals surface area contributed by atoms with Crippen molar-refractivity contribution in [3.63, 3.8) is 0 Å². The highest BCUT2D eigenvalue weighted by Crippen LogP contribution is 2.38. The molecule has 33 heavy (non-hydrogen) atoms. The van der Waals surface area contributed by atoms with Crippen molar-refractivity contribution in [1.29, 1.82) is 0 Å². The molecule has 2 heterocycles. The van der Waals surface area contributed by atoms with Crippen molar-refractivity contribution in [3.05, 3.63) is 94.9 Å². The number of methoxy groups -OCH3 is 1. The van der Waals surface area contributed by atoms with Crippen molar-refractivity contribution in [3.8, 4) is 11.5 Å². The minimum absolute atomic E-state index is 0.408. The van der Waals surface area contributed by atoms with Crippen molar-refractivity contribution in [1.82, 2.24) is 9.38 Å². The Kier molecular flexibility index (Phi) is 5.30. The predicted octanol–water partition coefficient (Wildman–Crippen LogP) is 4.37. The van der Waals surface area contributed by atoms with Crippen LogP contribution in [0.25, 0.3) is 5.65 Å². The van der Waals surface area contributed by atoms with Crippen LogP contribution in [0.2, 0.25) is 0 Å². The van der Waals surface area contributed by atoms with Crippen molar-refractivity contribution in [2.24, 2.45) is 0 Å². The van der Waals surface area contributed by atoms with Gasteiger partial charge in [0.05, 0.1) is 18.4 Å². The number of carbonyl (C=O) groups is 2. The number of imidazole rings is 1. The summed E-state index contributed by atoms with van der Waals surface area (Å²) in [7, 11) is 1.55. The molecule has 4 aromatic rings. The summed E-state index contributed by atoms with van der Waals surface area (Å²) in [6.45, 7) is 1.78. The predicted molar refractivity (Wildman–Crippen MR) is 121 cm³/mol. The van der Waals surface area contributed by atoms with Crippen LogP contribution < -0.4 is 9.47 Å². The van der Waals surface area contributed by atoms with E-state index in [-0.39, 0.29) is 0 Å². The summed E-state index contributed by atoms with van der Waals surface area (Å²) in [6.07, 6.45) is 2.05. The van der Waals surface area contributed by atoms with Gasteiger partial charge in [-0.05, 0) is 48.4 Å². The average molecular weight is 442 g/mol. The second-order valence-corrected chi connectivity index (χ2v) is 7.88. The molecule has 166 valence electrons. The summed E-state index contributed by atoms with van der Waals surface area (Å²) in [5.41, 5.74) is 4.06. The van der Waals surface area contributed by atoms with Crippen molar-refractivity contribution in [2.75, 3.05) is 7.11 Å². The first-order chi connectivity index (χ1) is 16.1. The van der Waals surface area contributed by atoms with E-state index in [9.17, 15) is 9.59 Å². The average Bonchev–Trinajstić information content (AvgIpc) is 3.35. The molecule has 7 nitrogen and oxygen atoms in total. The van der Waals surface area contributed by atoms with Gasteiger partial charge < -0.3 is 14.2 Å². The third-order valence-electron chi connectivity index (χ3n) is 5.88. The van der Waals surface area contributed by atoms with Crippen molar-refractivity contribution in [2.45, 2.75) is 25.6 Å². The Morgan fingerprint density at radius 3 is 2.79 bits per heavy atom. The van der Waals surface area contributed by atoms with E-state index in [0.717, 1.165) is 17.4 Å². The largest absolute Gasteiger partial charge is 0.497 e. The minimum Gasteiger partial charge on any atom is -0.497 e. The number of fused-ring (bicyclic) bond motifs is 2. The first-order valence-corrected chi connectivity index (χ1v) is 10.6. The zero-order valence-electron chi connectivity index (χ0n) is 18.2. The number of aryl methyl sites for hydroxylation is 1. The van der Waals surface area contributed by atoms with E-state index in [1.165, 1.54) is 0 Å². The van der Waals surface area contributed by atoms with E-state index in [0.29, 0.717) is 40.5 Å². The highest BCUT2D eigenvalue weighted by molar-refractivity contribution is 5.90. The topological polar surface area (TPSA) is 79.1 Å². The van der Waals surface area contributed by atoms with Gasteiger partial charge in [-0.15, -0.1) is 0 Å². The molecule has 0 aliphatic heterocycles. The summed E-state index contributed by atoms with van der Waals surface area (Å²) in [5.74, 6) is 0.649. The minimum atomic E-state index is -0.525. The van der Waals surface area contributed by atoms with Gasteiger partial charge in [-0.1, -0.05) is 30.3 Å². The van der Waals surface area contributed by atoms with E-state index in [1.807, 2.05) is 24.3 Å². The van der Waals surface area contributed by atoms with Gasteiger partial charge >= 0.3 is 5.97 Å². The fourth-order valence-corrected chi connectivity index (χ4v) is 4.27. The van der Waals surface area contributed by atoms with Crippen molar-refractivity contribution >= 4 is 17.9 Å². The van der Waals surface area contributed by atoms with Gasteiger partial charge in [0.25, 0.3) is 0 Å². The number of esters is 1. The number of carbonyl (C=O) groups excluding carboxylic acids is 2. The summed E-state index contributed by atoms with van der Waals surface area (Å²) in [6, 6.07) is 18.3. The molecule has 0 unspecified atom stereocenters. The molecule has 0 saturated carbocycles. The lowest BCUT2D eigenvalue weighted by atomic mass is 10.1. The molecule has 0 amide bonds. The second-order valence-electron chi connectivity index (χ2n) is 7.88. The fourth-order valence-electron chi connectivity index (χ4n) is 4.27. The monoisotopic (exact) mass is 442 g/mol. The Labute approximate surface area is 190 Å². The lowest BCUT2D eigenvalue weighted by Gasteiger charge is -2.22. The molecule has 1 aliphatic carbocycles. The van der Waals surface area contributed by atoms with Crippen LogP contribution in [0.3, 0.4) is 0 Å². The van der Waals surface area contributed by atoms with Crippen LogP contribution in [0.4, 0.5) is 0 Å². The van der Waals surface area contributed by atoms with E-state index >= 15 is 0 Å². The molecule has 0 saturated heterocycles. The Hall–Kier alpha value is -4.13. The van der Waals surface area contributed by atoms with Gasteiger partial charge in [-0.3, -0.25) is 9.20 Å². The molecule has 2 aromatic heterocycles. The summed E-state index contributed by atoms with van der Waals surface area (Å²) >= 11 is 0. The Morgan fingerprint density at radius 2 is 1.97 bits per heavy atom. The van der Waals surface area contributed by atoms with E-state index in [4.69, 9.17) is 14.2 Å². The lowest BCUT2D eigenvalue weighted by Crippen LogP contribution is -2.26. The number of nitrogens with zero attached hydrogens (tertiary/aromatic N) is 2. The molecule has 0 fully saturated rings. The van der Waals surface area contributed by atoms with Gasteiger partial charge in [0, 0.05) is 12.6 Å². The van der Waals surface area contributed by atoms with E-state index in [2.05, 4.69) is 4.98 Å². The van der Waals surface area contributed by atoms with Crippen LogP contribution in [0.15, 0.2) is 66.9 Å². The van der Waals surface area contributed by atoms with E-state index < -0.39 is 18.2 Å². The maximum atomic E-state index is 12.9. The Balaban J connectivity index is 1.48. The molecule has 2 aromatic carbocycles. The van der Waals surface area contributed by atoms with Gasteiger partial charge in [-0.2, -0.15) is 0 Å². The molecule has 5 rings (SSSR count). The van der Waals surface area contributed by atoms with Crippen LogP contribution in [-0.2, 0) is 11.2 Å². The van der Waals surface area contributed by atoms with Crippen LogP contribution in [0.5, 0.6) is 11.5 Å².